The molecule has 16 heavy (non-hydrogen) atoms. The van der Waals surface area contributed by atoms with Crippen molar-refractivity contribution < 1.29 is 18.9 Å². The third-order valence-electron chi connectivity index (χ3n) is 2.40. The smallest absolute Gasteiger partial charge is 0.317 e. The van der Waals surface area contributed by atoms with Crippen molar-refractivity contribution in [3.05, 3.63) is 0 Å². The Labute approximate surface area is 96.5 Å². The minimum Gasteiger partial charge on any atom is -0.481 e. The van der Waals surface area contributed by atoms with Gasteiger partial charge in [-0.1, -0.05) is 0 Å². The molecule has 1 aliphatic heterocycles. The van der Waals surface area contributed by atoms with Crippen LogP contribution in [0, 0.1) is 5.92 Å². The average Bonchev–Trinajstić information content (AvgIpc) is 2.08. The highest BCUT2D eigenvalue weighted by molar-refractivity contribution is 7.84. The van der Waals surface area contributed by atoms with Crippen LogP contribution in [0.2, 0.25) is 0 Å². The van der Waals surface area contributed by atoms with E-state index in [9.17, 15) is 13.8 Å². The van der Waals surface area contributed by atoms with E-state index in [1.54, 1.807) is 6.26 Å². The Morgan fingerprint density at radius 3 is 2.62 bits per heavy atom. The second kappa shape index (κ2) is 5.83. The lowest BCUT2D eigenvalue weighted by Gasteiger charge is -2.36. The standard InChI is InChI=1S/C9H16N2O4S/c1-16(15)4-2-3-10-9(14)11-5-7(6-11)8(12)13/h7H,2-6H2,1H3,(H,10,14)(H,12,13). The Hall–Kier alpha value is -1.11. The van der Waals surface area contributed by atoms with Crippen LogP contribution in [0.5, 0.6) is 0 Å². The van der Waals surface area contributed by atoms with E-state index >= 15 is 0 Å². The highest BCUT2D eigenvalue weighted by atomic mass is 32.2. The van der Waals surface area contributed by atoms with Crippen molar-refractivity contribution in [1.29, 1.82) is 0 Å². The van der Waals surface area contributed by atoms with Gasteiger partial charge in [-0.25, -0.2) is 4.79 Å². The number of hydrogen-bond acceptors (Lipinski definition) is 3. The van der Waals surface area contributed by atoms with Crippen molar-refractivity contribution >= 4 is 22.8 Å². The summed E-state index contributed by atoms with van der Waals surface area (Å²) in [4.78, 5) is 23.3. The summed E-state index contributed by atoms with van der Waals surface area (Å²) in [6.45, 7) is 1.04. The van der Waals surface area contributed by atoms with Gasteiger partial charge < -0.3 is 15.3 Å². The Bertz CT molecular complexity index is 302. The lowest BCUT2D eigenvalue weighted by molar-refractivity contribution is -0.146. The molecule has 0 bridgehead atoms. The zero-order valence-electron chi connectivity index (χ0n) is 9.14. The van der Waals surface area contributed by atoms with E-state index < -0.39 is 22.7 Å². The van der Waals surface area contributed by atoms with Gasteiger partial charge in [-0.2, -0.15) is 0 Å². The predicted molar refractivity (Wildman–Crippen MR) is 59.6 cm³/mol. The quantitative estimate of drug-likeness (QED) is 0.641. The first-order chi connectivity index (χ1) is 7.50. The summed E-state index contributed by atoms with van der Waals surface area (Å²) in [5.41, 5.74) is 0. The normalized spacial score (nSPS) is 17.7. The van der Waals surface area contributed by atoms with E-state index in [4.69, 9.17) is 5.11 Å². The molecule has 0 aromatic heterocycles. The second-order valence-corrected chi connectivity index (χ2v) is 5.36. The highest BCUT2D eigenvalue weighted by Crippen LogP contribution is 2.14. The van der Waals surface area contributed by atoms with Crippen LogP contribution in [0.4, 0.5) is 4.79 Å². The van der Waals surface area contributed by atoms with Gasteiger partial charge in [0.25, 0.3) is 0 Å². The molecule has 1 atom stereocenters. The molecular weight excluding hydrogens is 232 g/mol. The van der Waals surface area contributed by atoms with Gasteiger partial charge in [0.2, 0.25) is 0 Å². The molecule has 0 radical (unpaired) electrons. The van der Waals surface area contributed by atoms with Crippen molar-refractivity contribution in [1.82, 2.24) is 10.2 Å². The molecule has 0 aromatic rings. The first kappa shape index (κ1) is 13.0. The molecule has 1 heterocycles. The minimum atomic E-state index is -0.856. The van der Waals surface area contributed by atoms with Crippen LogP contribution in [0.1, 0.15) is 6.42 Å². The predicted octanol–water partition coefficient (Wildman–Crippen LogP) is -0.519. The van der Waals surface area contributed by atoms with Crippen LogP contribution in [0.3, 0.4) is 0 Å². The fraction of sp³-hybridized carbons (Fsp3) is 0.778. The number of carboxylic acids is 1. The van der Waals surface area contributed by atoms with Gasteiger partial charge in [-0.3, -0.25) is 9.00 Å². The third kappa shape index (κ3) is 3.80. The number of rotatable bonds is 5. The molecular formula is C9H16N2O4S. The number of amides is 2. The summed E-state index contributed by atoms with van der Waals surface area (Å²) in [5, 5.41) is 11.3. The second-order valence-electron chi connectivity index (χ2n) is 3.80. The number of carboxylic acid groups (broad SMARTS) is 1. The maximum absolute atomic E-state index is 11.4. The summed E-state index contributed by atoms with van der Waals surface area (Å²) in [5.74, 6) is -0.711. The summed E-state index contributed by atoms with van der Waals surface area (Å²) in [6, 6.07) is -0.237. The van der Waals surface area contributed by atoms with Gasteiger partial charge in [-0.05, 0) is 6.42 Å². The van der Waals surface area contributed by atoms with Crippen LogP contribution >= 0.6 is 0 Å². The van der Waals surface area contributed by atoms with Gasteiger partial charge >= 0.3 is 12.0 Å². The van der Waals surface area contributed by atoms with Gasteiger partial charge in [-0.15, -0.1) is 0 Å². The molecule has 2 N–H and O–H groups in total. The number of nitrogens with one attached hydrogen (secondary N) is 1. The largest absolute Gasteiger partial charge is 0.481 e. The number of nitrogens with zero attached hydrogens (tertiary/aromatic N) is 1. The van der Waals surface area contributed by atoms with Crippen molar-refractivity contribution in [3.8, 4) is 0 Å². The van der Waals surface area contributed by atoms with E-state index in [-0.39, 0.29) is 19.1 Å². The van der Waals surface area contributed by atoms with Crippen LogP contribution in [-0.4, -0.2) is 57.9 Å². The number of aliphatic carboxylic acids is 1. The number of carbonyl (C=O) groups is 2. The summed E-state index contributed by atoms with van der Waals surface area (Å²) in [7, 11) is -0.833. The maximum atomic E-state index is 11.4. The Morgan fingerprint density at radius 1 is 1.50 bits per heavy atom. The molecule has 0 spiro atoms. The molecule has 7 heteroatoms. The Morgan fingerprint density at radius 2 is 2.12 bits per heavy atom. The molecule has 92 valence electrons. The van der Waals surface area contributed by atoms with Gasteiger partial charge in [0, 0.05) is 42.4 Å². The fourth-order valence-electron chi connectivity index (χ4n) is 1.38. The van der Waals surface area contributed by atoms with Crippen molar-refractivity contribution in [2.24, 2.45) is 5.92 Å². The lowest BCUT2D eigenvalue weighted by Crippen LogP contribution is -2.56. The molecule has 1 aliphatic rings. The van der Waals surface area contributed by atoms with Crippen molar-refractivity contribution in [2.75, 3.05) is 31.6 Å². The molecule has 1 saturated heterocycles. The van der Waals surface area contributed by atoms with Crippen molar-refractivity contribution in [3.63, 3.8) is 0 Å². The fourth-order valence-corrected chi connectivity index (χ4v) is 1.93. The van der Waals surface area contributed by atoms with Crippen LogP contribution in [0.15, 0.2) is 0 Å². The molecule has 0 aromatic carbocycles. The van der Waals surface area contributed by atoms with E-state index in [1.807, 2.05) is 0 Å². The first-order valence-electron chi connectivity index (χ1n) is 5.06. The topological polar surface area (TPSA) is 86.7 Å². The van der Waals surface area contributed by atoms with Gasteiger partial charge in [0.15, 0.2) is 0 Å². The monoisotopic (exact) mass is 248 g/mol. The number of urea groups is 1. The SMILES string of the molecule is CS(=O)CCCNC(=O)N1CC(C(=O)O)C1. The Balaban J connectivity index is 2.09. The van der Waals surface area contributed by atoms with E-state index in [1.165, 1.54) is 4.90 Å². The van der Waals surface area contributed by atoms with Gasteiger partial charge in [0.1, 0.15) is 0 Å². The van der Waals surface area contributed by atoms with Gasteiger partial charge in [0.05, 0.1) is 5.92 Å². The van der Waals surface area contributed by atoms with E-state index in [2.05, 4.69) is 5.32 Å². The molecule has 1 rings (SSSR count). The third-order valence-corrected chi connectivity index (χ3v) is 3.27. The number of hydrogen-bond donors (Lipinski definition) is 2. The molecule has 2 amide bonds. The summed E-state index contributed by atoms with van der Waals surface area (Å²) >= 11 is 0. The molecule has 0 aliphatic carbocycles. The zero-order chi connectivity index (χ0) is 12.1. The number of carbonyl (C=O) groups excluding carboxylic acids is 1. The molecule has 0 saturated carbocycles. The van der Waals surface area contributed by atoms with Crippen LogP contribution in [0.25, 0.3) is 0 Å². The minimum absolute atomic E-state index is 0.237. The van der Waals surface area contributed by atoms with Crippen LogP contribution < -0.4 is 5.32 Å². The maximum Gasteiger partial charge on any atom is 0.317 e. The van der Waals surface area contributed by atoms with Crippen molar-refractivity contribution in [2.45, 2.75) is 6.42 Å². The van der Waals surface area contributed by atoms with Crippen LogP contribution in [-0.2, 0) is 15.6 Å². The average molecular weight is 248 g/mol. The van der Waals surface area contributed by atoms with E-state index in [0.717, 1.165) is 0 Å². The number of likely N-dealkylation sites (tertiary alicyclic amines) is 1. The first-order valence-corrected chi connectivity index (χ1v) is 6.79. The lowest BCUT2D eigenvalue weighted by atomic mass is 10.0. The molecule has 1 fully saturated rings. The molecule has 6 nitrogen and oxygen atoms in total. The Kier molecular flexibility index (Phi) is 4.72. The highest BCUT2D eigenvalue weighted by Gasteiger charge is 2.35. The summed E-state index contributed by atoms with van der Waals surface area (Å²) < 4.78 is 10.7. The molecule has 1 unspecified atom stereocenters. The zero-order valence-corrected chi connectivity index (χ0v) is 9.96. The summed E-state index contributed by atoms with van der Waals surface area (Å²) in [6.07, 6.45) is 2.29. The van der Waals surface area contributed by atoms with E-state index in [0.29, 0.717) is 18.7 Å².